The van der Waals surface area contributed by atoms with E-state index in [1.165, 1.54) is 23.7 Å². The summed E-state index contributed by atoms with van der Waals surface area (Å²) in [6.45, 7) is 4.12. The van der Waals surface area contributed by atoms with Gasteiger partial charge in [-0.2, -0.15) is 5.10 Å². The third kappa shape index (κ3) is 4.14. The van der Waals surface area contributed by atoms with Crippen molar-refractivity contribution in [2.24, 2.45) is 0 Å². The Labute approximate surface area is 173 Å². The van der Waals surface area contributed by atoms with Gasteiger partial charge < -0.3 is 5.32 Å². The van der Waals surface area contributed by atoms with Crippen LogP contribution in [-0.2, 0) is 11.2 Å². The number of nitrogens with zero attached hydrogens (tertiary/aromatic N) is 4. The second kappa shape index (κ2) is 8.45. The number of amides is 1. The molecular formula is C22H21N5OS. The molecule has 0 aliphatic heterocycles. The number of para-hydroxylation sites is 1. The molecule has 4 aromatic rings. The maximum atomic E-state index is 12.5. The number of anilines is 1. The van der Waals surface area contributed by atoms with Crippen molar-refractivity contribution in [1.82, 2.24) is 19.7 Å². The highest BCUT2D eigenvalue weighted by Gasteiger charge is 2.13. The van der Waals surface area contributed by atoms with Gasteiger partial charge in [-0.15, -0.1) is 0 Å². The van der Waals surface area contributed by atoms with Gasteiger partial charge in [0.15, 0.2) is 5.65 Å². The van der Waals surface area contributed by atoms with Crippen molar-refractivity contribution in [1.29, 1.82) is 0 Å². The predicted molar refractivity (Wildman–Crippen MR) is 117 cm³/mol. The summed E-state index contributed by atoms with van der Waals surface area (Å²) in [5.74, 6) is 0.202. The zero-order chi connectivity index (χ0) is 20.2. The van der Waals surface area contributed by atoms with E-state index in [-0.39, 0.29) is 11.7 Å². The summed E-state index contributed by atoms with van der Waals surface area (Å²) in [6.07, 6.45) is 4.14. The summed E-state index contributed by atoms with van der Waals surface area (Å²) < 4.78 is 1.79. The molecule has 7 heteroatoms. The fraction of sp³-hybridized carbons (Fsp3) is 0.182. The van der Waals surface area contributed by atoms with Crippen LogP contribution in [0.4, 0.5) is 5.69 Å². The van der Waals surface area contributed by atoms with Crippen molar-refractivity contribution >= 4 is 34.4 Å². The molecule has 1 N–H and O–H groups in total. The van der Waals surface area contributed by atoms with Crippen LogP contribution in [0.5, 0.6) is 0 Å². The standard InChI is InChI=1S/C22H21N5OS/c1-3-16-6-4-5-7-19(16)26-20(28)13-29-22-18-12-25-27(21(18)23-14-24-22)17-10-8-15(2)9-11-17/h4-12,14H,3,13H2,1-2H3,(H,26,28). The normalized spacial score (nSPS) is 11.0. The van der Waals surface area contributed by atoms with E-state index in [0.717, 1.165) is 39.4 Å². The van der Waals surface area contributed by atoms with Gasteiger partial charge in [0.25, 0.3) is 0 Å². The van der Waals surface area contributed by atoms with Gasteiger partial charge in [-0.3, -0.25) is 4.79 Å². The summed E-state index contributed by atoms with van der Waals surface area (Å²) in [5.41, 5.74) is 4.83. The summed E-state index contributed by atoms with van der Waals surface area (Å²) in [6, 6.07) is 16.0. The minimum absolute atomic E-state index is 0.0615. The quantitative estimate of drug-likeness (QED) is 0.381. The molecule has 1 amide bonds. The largest absolute Gasteiger partial charge is 0.325 e. The van der Waals surface area contributed by atoms with Gasteiger partial charge in [0, 0.05) is 5.69 Å². The van der Waals surface area contributed by atoms with E-state index in [9.17, 15) is 4.79 Å². The summed E-state index contributed by atoms with van der Waals surface area (Å²) in [7, 11) is 0. The summed E-state index contributed by atoms with van der Waals surface area (Å²) >= 11 is 1.39. The Kier molecular flexibility index (Phi) is 5.57. The topological polar surface area (TPSA) is 72.7 Å². The first-order valence-corrected chi connectivity index (χ1v) is 10.4. The van der Waals surface area contributed by atoms with Crippen LogP contribution in [0.25, 0.3) is 16.7 Å². The number of carbonyl (C=O) groups excluding carboxylic acids is 1. The van der Waals surface area contributed by atoms with Gasteiger partial charge in [0.05, 0.1) is 23.0 Å². The molecule has 0 fully saturated rings. The summed E-state index contributed by atoms with van der Waals surface area (Å²) in [4.78, 5) is 21.2. The van der Waals surface area contributed by atoms with E-state index >= 15 is 0 Å². The van der Waals surface area contributed by atoms with E-state index in [1.54, 1.807) is 10.9 Å². The van der Waals surface area contributed by atoms with E-state index in [0.29, 0.717) is 0 Å². The Morgan fingerprint density at radius 1 is 1.10 bits per heavy atom. The highest BCUT2D eigenvalue weighted by atomic mass is 32.2. The molecule has 2 heterocycles. The predicted octanol–water partition coefficient (Wildman–Crippen LogP) is 4.42. The molecule has 0 saturated heterocycles. The van der Waals surface area contributed by atoms with Gasteiger partial charge in [-0.1, -0.05) is 54.6 Å². The van der Waals surface area contributed by atoms with Crippen molar-refractivity contribution in [2.45, 2.75) is 25.3 Å². The first-order chi connectivity index (χ1) is 14.2. The van der Waals surface area contributed by atoms with Gasteiger partial charge >= 0.3 is 0 Å². The van der Waals surface area contributed by atoms with E-state index < -0.39 is 0 Å². The average molecular weight is 404 g/mol. The first kappa shape index (κ1) is 19.1. The molecule has 2 aromatic carbocycles. The lowest BCUT2D eigenvalue weighted by Gasteiger charge is -2.09. The third-order valence-electron chi connectivity index (χ3n) is 4.62. The molecule has 0 saturated carbocycles. The number of aromatic nitrogens is 4. The van der Waals surface area contributed by atoms with Crippen molar-refractivity contribution < 1.29 is 4.79 Å². The third-order valence-corrected chi connectivity index (χ3v) is 5.63. The molecule has 0 aliphatic rings. The molecule has 0 radical (unpaired) electrons. The Hall–Kier alpha value is -3.19. The fourth-order valence-electron chi connectivity index (χ4n) is 3.08. The maximum absolute atomic E-state index is 12.5. The van der Waals surface area contributed by atoms with Crippen LogP contribution in [0.1, 0.15) is 18.1 Å². The molecule has 0 spiro atoms. The minimum Gasteiger partial charge on any atom is -0.325 e. The van der Waals surface area contributed by atoms with E-state index in [4.69, 9.17) is 0 Å². The Morgan fingerprint density at radius 3 is 2.69 bits per heavy atom. The lowest BCUT2D eigenvalue weighted by atomic mass is 10.1. The number of aryl methyl sites for hydroxylation is 2. The highest BCUT2D eigenvalue weighted by Crippen LogP contribution is 2.26. The van der Waals surface area contributed by atoms with E-state index in [1.807, 2.05) is 55.5 Å². The molecule has 4 rings (SSSR count). The number of thioether (sulfide) groups is 1. The van der Waals surface area contributed by atoms with Crippen LogP contribution in [-0.4, -0.2) is 31.4 Å². The number of fused-ring (bicyclic) bond motifs is 1. The van der Waals surface area contributed by atoms with Gasteiger partial charge in [-0.25, -0.2) is 14.6 Å². The Balaban J connectivity index is 1.51. The summed E-state index contributed by atoms with van der Waals surface area (Å²) in [5, 5.41) is 9.04. The zero-order valence-electron chi connectivity index (χ0n) is 16.3. The fourth-order valence-corrected chi connectivity index (χ4v) is 3.84. The number of benzene rings is 2. The number of hydrogen-bond donors (Lipinski definition) is 1. The van der Waals surface area contributed by atoms with Crippen LogP contribution in [0.15, 0.2) is 66.1 Å². The molecule has 0 bridgehead atoms. The highest BCUT2D eigenvalue weighted by molar-refractivity contribution is 8.00. The molecule has 29 heavy (non-hydrogen) atoms. The van der Waals surface area contributed by atoms with Gasteiger partial charge in [0.2, 0.25) is 5.91 Å². The molecule has 0 unspecified atom stereocenters. The Bertz CT molecular complexity index is 1150. The molecule has 0 aliphatic carbocycles. The van der Waals surface area contributed by atoms with Crippen molar-refractivity contribution in [3.8, 4) is 5.69 Å². The monoisotopic (exact) mass is 403 g/mol. The molecule has 2 aromatic heterocycles. The minimum atomic E-state index is -0.0615. The second-order valence-corrected chi connectivity index (χ2v) is 7.62. The van der Waals surface area contributed by atoms with Crippen LogP contribution in [0.3, 0.4) is 0 Å². The molecule has 146 valence electrons. The van der Waals surface area contributed by atoms with Crippen molar-refractivity contribution in [3.05, 3.63) is 72.2 Å². The first-order valence-electron chi connectivity index (χ1n) is 9.42. The maximum Gasteiger partial charge on any atom is 0.234 e. The van der Waals surface area contributed by atoms with Crippen LogP contribution >= 0.6 is 11.8 Å². The van der Waals surface area contributed by atoms with Crippen molar-refractivity contribution in [3.63, 3.8) is 0 Å². The van der Waals surface area contributed by atoms with Crippen LogP contribution in [0.2, 0.25) is 0 Å². The Morgan fingerprint density at radius 2 is 1.90 bits per heavy atom. The molecular weight excluding hydrogens is 382 g/mol. The van der Waals surface area contributed by atoms with Gasteiger partial charge in [0.1, 0.15) is 11.4 Å². The van der Waals surface area contributed by atoms with E-state index in [2.05, 4.69) is 27.3 Å². The van der Waals surface area contributed by atoms with Crippen LogP contribution in [0, 0.1) is 6.92 Å². The van der Waals surface area contributed by atoms with Crippen LogP contribution < -0.4 is 5.32 Å². The second-order valence-electron chi connectivity index (χ2n) is 6.66. The SMILES string of the molecule is CCc1ccccc1NC(=O)CSc1ncnc2c1cnn2-c1ccc(C)cc1. The number of rotatable bonds is 6. The molecule has 6 nitrogen and oxygen atoms in total. The lowest BCUT2D eigenvalue weighted by Crippen LogP contribution is -2.15. The molecule has 0 atom stereocenters. The number of nitrogens with one attached hydrogen (secondary N) is 1. The number of hydrogen-bond acceptors (Lipinski definition) is 5. The average Bonchev–Trinajstić information content (AvgIpc) is 3.18. The zero-order valence-corrected chi connectivity index (χ0v) is 17.1. The van der Waals surface area contributed by atoms with Crippen molar-refractivity contribution in [2.75, 3.05) is 11.1 Å². The van der Waals surface area contributed by atoms with Gasteiger partial charge in [-0.05, 0) is 37.1 Å². The number of carbonyl (C=O) groups is 1. The lowest BCUT2D eigenvalue weighted by molar-refractivity contribution is -0.113. The smallest absolute Gasteiger partial charge is 0.234 e.